The summed E-state index contributed by atoms with van der Waals surface area (Å²) in [4.78, 5) is 46.5. The van der Waals surface area contributed by atoms with Crippen LogP contribution in [0.2, 0.25) is 0 Å². The van der Waals surface area contributed by atoms with E-state index < -0.39 is 11.9 Å². The van der Waals surface area contributed by atoms with Crippen molar-refractivity contribution in [2.75, 3.05) is 26.3 Å². The lowest BCUT2D eigenvalue weighted by Gasteiger charge is -2.07. The molecule has 142 valence electrons. The van der Waals surface area contributed by atoms with Crippen LogP contribution in [0.4, 0.5) is 0 Å². The zero-order chi connectivity index (χ0) is 19.4. The summed E-state index contributed by atoms with van der Waals surface area (Å²) in [6, 6.07) is 5.56. The highest BCUT2D eigenvalue weighted by Gasteiger charge is 2.13. The van der Waals surface area contributed by atoms with Crippen molar-refractivity contribution < 1.29 is 28.7 Å². The van der Waals surface area contributed by atoms with Crippen LogP contribution >= 0.6 is 0 Å². The van der Waals surface area contributed by atoms with E-state index in [0.29, 0.717) is 13.1 Å². The first kappa shape index (κ1) is 21.1. The maximum Gasteiger partial charge on any atom is 0.338 e. The van der Waals surface area contributed by atoms with Crippen LogP contribution in [0.5, 0.6) is 0 Å². The van der Waals surface area contributed by atoms with E-state index in [4.69, 9.17) is 9.47 Å². The van der Waals surface area contributed by atoms with Crippen LogP contribution in [0.3, 0.4) is 0 Å². The normalized spacial score (nSPS) is 9.92. The average molecular weight is 364 g/mol. The number of rotatable bonds is 10. The number of benzene rings is 1. The number of carbonyl (C=O) groups excluding carboxylic acids is 4. The number of nitrogens with one attached hydrogen (secondary N) is 2. The fourth-order valence-electron chi connectivity index (χ4n) is 1.80. The van der Waals surface area contributed by atoms with Crippen molar-refractivity contribution in [1.82, 2.24) is 10.6 Å². The molecule has 0 fully saturated rings. The second kappa shape index (κ2) is 11.6. The third kappa shape index (κ3) is 7.78. The highest BCUT2D eigenvalue weighted by molar-refractivity contribution is 5.94. The molecule has 1 aromatic carbocycles. The highest BCUT2D eigenvalue weighted by Crippen LogP contribution is 2.07. The Balaban J connectivity index is 2.46. The van der Waals surface area contributed by atoms with E-state index in [0.717, 1.165) is 12.8 Å². The molecule has 0 aliphatic rings. The van der Waals surface area contributed by atoms with Crippen LogP contribution in [0.15, 0.2) is 24.3 Å². The Morgan fingerprint density at radius 2 is 1.08 bits per heavy atom. The van der Waals surface area contributed by atoms with E-state index >= 15 is 0 Å². The molecule has 0 radical (unpaired) electrons. The molecule has 2 N–H and O–H groups in total. The van der Waals surface area contributed by atoms with Gasteiger partial charge in [0.15, 0.2) is 13.2 Å². The SMILES string of the molecule is CCCNC(=O)COC(=O)c1ccc(C(=O)OCC(=O)NCCC)cc1. The molecule has 0 bridgehead atoms. The Morgan fingerprint density at radius 3 is 1.38 bits per heavy atom. The Hall–Kier alpha value is -2.90. The van der Waals surface area contributed by atoms with Crippen molar-refractivity contribution in [2.45, 2.75) is 26.7 Å². The molecule has 1 rings (SSSR count). The second-order valence-corrected chi connectivity index (χ2v) is 5.43. The molecule has 8 nitrogen and oxygen atoms in total. The Labute approximate surface area is 152 Å². The number of ether oxygens (including phenoxy) is 2. The fraction of sp³-hybridized carbons (Fsp3) is 0.444. The van der Waals surface area contributed by atoms with E-state index in [1.54, 1.807) is 0 Å². The number of carbonyl (C=O) groups is 4. The van der Waals surface area contributed by atoms with Crippen molar-refractivity contribution in [3.8, 4) is 0 Å². The molecule has 0 saturated carbocycles. The van der Waals surface area contributed by atoms with Crippen LogP contribution in [-0.2, 0) is 19.1 Å². The van der Waals surface area contributed by atoms with Gasteiger partial charge >= 0.3 is 11.9 Å². The largest absolute Gasteiger partial charge is 0.452 e. The third-order valence-corrected chi connectivity index (χ3v) is 3.17. The van der Waals surface area contributed by atoms with Crippen molar-refractivity contribution in [3.63, 3.8) is 0 Å². The molecule has 0 saturated heterocycles. The summed E-state index contributed by atoms with van der Waals surface area (Å²) in [5.74, 6) is -2.09. The zero-order valence-corrected chi connectivity index (χ0v) is 15.0. The minimum atomic E-state index is -0.671. The molecule has 0 aliphatic carbocycles. The summed E-state index contributed by atoms with van der Waals surface area (Å²) < 4.78 is 9.77. The van der Waals surface area contributed by atoms with Crippen molar-refractivity contribution in [3.05, 3.63) is 35.4 Å². The predicted molar refractivity (Wildman–Crippen MR) is 93.6 cm³/mol. The second-order valence-electron chi connectivity index (χ2n) is 5.43. The summed E-state index contributed by atoms with van der Waals surface area (Å²) in [6.45, 7) is 4.13. The van der Waals surface area contributed by atoms with Crippen molar-refractivity contribution in [1.29, 1.82) is 0 Å². The van der Waals surface area contributed by atoms with Gasteiger partial charge in [0, 0.05) is 13.1 Å². The van der Waals surface area contributed by atoms with Crippen LogP contribution in [-0.4, -0.2) is 50.1 Å². The summed E-state index contributed by atoms with van der Waals surface area (Å²) in [6.07, 6.45) is 1.58. The molecule has 0 aliphatic heterocycles. The maximum atomic E-state index is 11.8. The molecule has 2 amide bonds. The van der Waals surface area contributed by atoms with Gasteiger partial charge in [-0.25, -0.2) is 9.59 Å². The zero-order valence-electron chi connectivity index (χ0n) is 15.0. The van der Waals surface area contributed by atoms with Crippen LogP contribution in [0.1, 0.15) is 47.4 Å². The van der Waals surface area contributed by atoms with E-state index in [1.165, 1.54) is 24.3 Å². The van der Waals surface area contributed by atoms with Gasteiger partial charge in [-0.05, 0) is 37.1 Å². The first-order valence-corrected chi connectivity index (χ1v) is 8.45. The van der Waals surface area contributed by atoms with Crippen molar-refractivity contribution in [2.24, 2.45) is 0 Å². The fourth-order valence-corrected chi connectivity index (χ4v) is 1.80. The van der Waals surface area contributed by atoms with E-state index in [2.05, 4.69) is 10.6 Å². The Bertz CT molecular complexity index is 572. The van der Waals surface area contributed by atoms with Gasteiger partial charge in [0.1, 0.15) is 0 Å². The van der Waals surface area contributed by atoms with Crippen LogP contribution in [0.25, 0.3) is 0 Å². The summed E-state index contributed by atoms with van der Waals surface area (Å²) in [5.41, 5.74) is 0.399. The molecule has 0 atom stereocenters. The van der Waals surface area contributed by atoms with Gasteiger partial charge in [-0.15, -0.1) is 0 Å². The average Bonchev–Trinajstić information content (AvgIpc) is 2.66. The smallest absolute Gasteiger partial charge is 0.338 e. The molecule has 26 heavy (non-hydrogen) atoms. The minimum absolute atomic E-state index is 0.200. The summed E-state index contributed by atoms with van der Waals surface area (Å²) in [5, 5.41) is 5.18. The number of hydrogen-bond donors (Lipinski definition) is 2. The summed E-state index contributed by atoms with van der Waals surface area (Å²) in [7, 11) is 0. The monoisotopic (exact) mass is 364 g/mol. The summed E-state index contributed by atoms with van der Waals surface area (Å²) >= 11 is 0. The molecular formula is C18H24N2O6. The van der Waals surface area contributed by atoms with E-state index in [9.17, 15) is 19.2 Å². The van der Waals surface area contributed by atoms with Gasteiger partial charge in [0.25, 0.3) is 11.8 Å². The van der Waals surface area contributed by atoms with Gasteiger partial charge in [0.2, 0.25) is 0 Å². The lowest BCUT2D eigenvalue weighted by Crippen LogP contribution is -2.29. The predicted octanol–water partition coefficient (Wildman–Crippen LogP) is 1.05. The van der Waals surface area contributed by atoms with E-state index in [1.807, 2.05) is 13.8 Å². The topological polar surface area (TPSA) is 111 Å². The number of amides is 2. The van der Waals surface area contributed by atoms with Crippen molar-refractivity contribution >= 4 is 23.8 Å². The molecule has 0 heterocycles. The molecule has 0 aromatic heterocycles. The maximum absolute atomic E-state index is 11.8. The van der Waals surface area contributed by atoms with Gasteiger partial charge in [-0.3, -0.25) is 9.59 Å². The molecule has 8 heteroatoms. The van der Waals surface area contributed by atoms with E-state index in [-0.39, 0.29) is 36.2 Å². The Kier molecular flexibility index (Phi) is 9.45. The van der Waals surface area contributed by atoms with Crippen LogP contribution < -0.4 is 10.6 Å². The van der Waals surface area contributed by atoms with Gasteiger partial charge in [0.05, 0.1) is 11.1 Å². The standard InChI is InChI=1S/C18H24N2O6/c1-3-9-19-15(21)11-25-17(23)13-5-7-14(8-6-13)18(24)26-12-16(22)20-10-4-2/h5-8H,3-4,9-12H2,1-2H3,(H,19,21)(H,20,22). The van der Waals surface area contributed by atoms with Crippen LogP contribution in [0, 0.1) is 0 Å². The lowest BCUT2D eigenvalue weighted by molar-refractivity contribution is -0.124. The van der Waals surface area contributed by atoms with Gasteiger partial charge in [-0.1, -0.05) is 13.8 Å². The molecule has 0 unspecified atom stereocenters. The number of esters is 2. The first-order valence-electron chi connectivity index (χ1n) is 8.45. The minimum Gasteiger partial charge on any atom is -0.452 e. The number of hydrogen-bond acceptors (Lipinski definition) is 6. The molecular weight excluding hydrogens is 340 g/mol. The Morgan fingerprint density at radius 1 is 0.731 bits per heavy atom. The molecule has 0 spiro atoms. The van der Waals surface area contributed by atoms with Gasteiger partial charge in [-0.2, -0.15) is 0 Å². The lowest BCUT2D eigenvalue weighted by atomic mass is 10.1. The quantitative estimate of drug-likeness (QED) is 0.601. The highest BCUT2D eigenvalue weighted by atomic mass is 16.5. The first-order chi connectivity index (χ1) is 12.5. The molecule has 1 aromatic rings. The van der Waals surface area contributed by atoms with Gasteiger partial charge < -0.3 is 20.1 Å². The third-order valence-electron chi connectivity index (χ3n) is 3.17.